The van der Waals surface area contributed by atoms with Crippen LogP contribution in [0.2, 0.25) is 0 Å². The lowest BCUT2D eigenvalue weighted by molar-refractivity contribution is -0.0400. The molecule has 2 fully saturated rings. The van der Waals surface area contributed by atoms with Gasteiger partial charge >= 0.3 is 0 Å². The van der Waals surface area contributed by atoms with Gasteiger partial charge in [-0.25, -0.2) is 0 Å². The number of hydrogen-bond donors (Lipinski definition) is 0. The molecule has 2 aromatic rings. The smallest absolute Gasteiger partial charge is 0.254 e. The van der Waals surface area contributed by atoms with Gasteiger partial charge in [0.1, 0.15) is 5.75 Å². The lowest BCUT2D eigenvalue weighted by Gasteiger charge is -2.39. The molecule has 0 aromatic heterocycles. The molecule has 2 aliphatic rings. The molecule has 1 unspecified atom stereocenters. The van der Waals surface area contributed by atoms with Crippen LogP contribution in [0, 0.1) is 0 Å². The van der Waals surface area contributed by atoms with Crippen molar-refractivity contribution in [2.45, 2.75) is 6.10 Å². The number of amides is 2. The van der Waals surface area contributed by atoms with E-state index in [1.165, 1.54) is 0 Å². The molecule has 2 amide bonds. The van der Waals surface area contributed by atoms with Crippen molar-refractivity contribution in [1.82, 2.24) is 14.7 Å². The Balaban J connectivity index is 1.29. The van der Waals surface area contributed by atoms with E-state index in [1.54, 1.807) is 63.8 Å². The van der Waals surface area contributed by atoms with Gasteiger partial charge in [0.25, 0.3) is 11.8 Å². The highest BCUT2D eigenvalue weighted by molar-refractivity contribution is 5.95. The third kappa shape index (κ3) is 5.86. The topological polar surface area (TPSA) is 80.8 Å². The number of ether oxygens (including phenoxy) is 4. The first kappa shape index (κ1) is 24.8. The van der Waals surface area contributed by atoms with Gasteiger partial charge in [0, 0.05) is 56.9 Å². The summed E-state index contributed by atoms with van der Waals surface area (Å²) in [6.45, 7) is 5.15. The summed E-state index contributed by atoms with van der Waals surface area (Å²) in [7, 11) is 4.74. The minimum atomic E-state index is -0.0725. The lowest BCUT2D eigenvalue weighted by Crippen LogP contribution is -2.54. The maximum atomic E-state index is 13.1. The third-order valence-electron chi connectivity index (χ3n) is 6.51. The first-order chi connectivity index (χ1) is 17.0. The summed E-state index contributed by atoms with van der Waals surface area (Å²) in [4.78, 5) is 31.9. The first-order valence-electron chi connectivity index (χ1n) is 11.8. The Morgan fingerprint density at radius 1 is 0.800 bits per heavy atom. The number of carbonyl (C=O) groups is 2. The first-order valence-corrected chi connectivity index (χ1v) is 11.8. The van der Waals surface area contributed by atoms with Crippen LogP contribution in [-0.2, 0) is 4.74 Å². The molecule has 2 aromatic carbocycles. The maximum absolute atomic E-state index is 13.1. The lowest BCUT2D eigenvalue weighted by atomic mass is 10.1. The van der Waals surface area contributed by atoms with Crippen molar-refractivity contribution in [2.75, 3.05) is 73.7 Å². The predicted octanol–water partition coefficient (Wildman–Crippen LogP) is 2.01. The molecule has 0 aliphatic carbocycles. The molecule has 0 radical (unpaired) electrons. The van der Waals surface area contributed by atoms with Crippen molar-refractivity contribution >= 4 is 11.8 Å². The van der Waals surface area contributed by atoms with Gasteiger partial charge in [0.2, 0.25) is 0 Å². The number of piperazine rings is 1. The Hall–Kier alpha value is -3.30. The van der Waals surface area contributed by atoms with E-state index in [0.29, 0.717) is 55.4 Å². The molecular weight excluding hydrogens is 450 g/mol. The summed E-state index contributed by atoms with van der Waals surface area (Å²) in [5, 5.41) is 0. The molecule has 188 valence electrons. The monoisotopic (exact) mass is 483 g/mol. The van der Waals surface area contributed by atoms with Gasteiger partial charge in [-0.15, -0.1) is 0 Å². The van der Waals surface area contributed by atoms with E-state index in [9.17, 15) is 9.59 Å². The zero-order valence-electron chi connectivity index (χ0n) is 20.6. The van der Waals surface area contributed by atoms with Crippen molar-refractivity contribution in [1.29, 1.82) is 0 Å². The Labute approximate surface area is 206 Å². The molecule has 0 N–H and O–H groups in total. The number of hydrogen-bond acceptors (Lipinski definition) is 7. The van der Waals surface area contributed by atoms with Crippen LogP contribution in [0.25, 0.3) is 0 Å². The van der Waals surface area contributed by atoms with Crippen molar-refractivity contribution in [3.8, 4) is 17.2 Å². The highest BCUT2D eigenvalue weighted by atomic mass is 16.5. The molecule has 4 rings (SSSR count). The molecule has 2 saturated heterocycles. The average molecular weight is 484 g/mol. The molecule has 2 heterocycles. The van der Waals surface area contributed by atoms with Gasteiger partial charge in [-0.1, -0.05) is 0 Å². The molecule has 0 saturated carbocycles. The zero-order chi connectivity index (χ0) is 24.8. The second-order valence-electron chi connectivity index (χ2n) is 8.64. The maximum Gasteiger partial charge on any atom is 0.254 e. The van der Waals surface area contributed by atoms with Crippen LogP contribution in [-0.4, -0.2) is 106 Å². The summed E-state index contributed by atoms with van der Waals surface area (Å²) in [5.41, 5.74) is 1.23. The summed E-state index contributed by atoms with van der Waals surface area (Å²) in [6.07, 6.45) is -0.0725. The SMILES string of the molecule is COc1ccc(C(=O)N2CCN(CC3CN(C(=O)c4ccc(OC)c(OC)c4)CCO3)CC2)cc1. The third-order valence-corrected chi connectivity index (χ3v) is 6.51. The van der Waals surface area contributed by atoms with E-state index >= 15 is 0 Å². The highest BCUT2D eigenvalue weighted by Gasteiger charge is 2.29. The van der Waals surface area contributed by atoms with Crippen LogP contribution in [0.4, 0.5) is 0 Å². The predicted molar refractivity (Wildman–Crippen MR) is 131 cm³/mol. The summed E-state index contributed by atoms with van der Waals surface area (Å²) >= 11 is 0. The van der Waals surface area contributed by atoms with Gasteiger partial charge in [-0.3, -0.25) is 14.5 Å². The fourth-order valence-electron chi connectivity index (χ4n) is 4.50. The van der Waals surface area contributed by atoms with Crippen LogP contribution in [0.5, 0.6) is 17.2 Å². The summed E-state index contributed by atoms with van der Waals surface area (Å²) < 4.78 is 21.7. The van der Waals surface area contributed by atoms with Gasteiger partial charge in [0.15, 0.2) is 11.5 Å². The Morgan fingerprint density at radius 3 is 2.11 bits per heavy atom. The van der Waals surface area contributed by atoms with Gasteiger partial charge in [-0.05, 0) is 42.5 Å². The van der Waals surface area contributed by atoms with Crippen molar-refractivity contribution in [2.24, 2.45) is 0 Å². The Kier molecular flexibility index (Phi) is 8.09. The molecule has 35 heavy (non-hydrogen) atoms. The van der Waals surface area contributed by atoms with Crippen LogP contribution < -0.4 is 14.2 Å². The normalized spacial score (nSPS) is 18.8. The fraction of sp³-hybridized carbons (Fsp3) is 0.462. The van der Waals surface area contributed by atoms with Crippen LogP contribution in [0.1, 0.15) is 20.7 Å². The molecular formula is C26H33N3O6. The standard InChI is InChI=1S/C26H33N3O6/c1-32-21-7-4-19(5-8-21)25(30)28-12-10-27(11-13-28)17-22-18-29(14-15-35-22)26(31)20-6-9-23(33-2)24(16-20)34-3/h4-9,16,22H,10-15,17-18H2,1-3H3. The molecule has 0 spiro atoms. The molecule has 9 heteroatoms. The molecule has 0 bridgehead atoms. The quantitative estimate of drug-likeness (QED) is 0.596. The second-order valence-corrected chi connectivity index (χ2v) is 8.64. The number of rotatable bonds is 7. The Morgan fingerprint density at radius 2 is 1.46 bits per heavy atom. The van der Waals surface area contributed by atoms with Crippen LogP contribution in [0.15, 0.2) is 42.5 Å². The van der Waals surface area contributed by atoms with E-state index in [-0.39, 0.29) is 17.9 Å². The zero-order valence-corrected chi connectivity index (χ0v) is 20.6. The van der Waals surface area contributed by atoms with Crippen LogP contribution in [0.3, 0.4) is 0 Å². The number of carbonyl (C=O) groups excluding carboxylic acids is 2. The van der Waals surface area contributed by atoms with Crippen molar-refractivity contribution in [3.63, 3.8) is 0 Å². The summed E-state index contributed by atoms with van der Waals surface area (Å²) in [6, 6.07) is 12.4. The van der Waals surface area contributed by atoms with E-state index in [1.807, 2.05) is 9.80 Å². The van der Waals surface area contributed by atoms with Crippen molar-refractivity contribution in [3.05, 3.63) is 53.6 Å². The van der Waals surface area contributed by atoms with Crippen LogP contribution >= 0.6 is 0 Å². The number of methoxy groups -OCH3 is 3. The number of nitrogens with zero attached hydrogens (tertiary/aromatic N) is 3. The largest absolute Gasteiger partial charge is 0.497 e. The molecule has 9 nitrogen and oxygen atoms in total. The van der Waals surface area contributed by atoms with Gasteiger partial charge < -0.3 is 28.7 Å². The van der Waals surface area contributed by atoms with E-state index < -0.39 is 0 Å². The van der Waals surface area contributed by atoms with E-state index in [2.05, 4.69) is 4.90 Å². The van der Waals surface area contributed by atoms with Crippen molar-refractivity contribution < 1.29 is 28.5 Å². The van der Waals surface area contributed by atoms with E-state index in [4.69, 9.17) is 18.9 Å². The molecule has 2 aliphatic heterocycles. The van der Waals surface area contributed by atoms with E-state index in [0.717, 1.165) is 25.4 Å². The number of morpholine rings is 1. The second kappa shape index (κ2) is 11.4. The highest BCUT2D eigenvalue weighted by Crippen LogP contribution is 2.28. The average Bonchev–Trinajstić information content (AvgIpc) is 2.92. The molecule has 1 atom stereocenters. The Bertz CT molecular complexity index is 1020. The minimum absolute atomic E-state index is 0.0351. The summed E-state index contributed by atoms with van der Waals surface area (Å²) in [5.74, 6) is 1.85. The minimum Gasteiger partial charge on any atom is -0.497 e. The van der Waals surface area contributed by atoms with Gasteiger partial charge in [-0.2, -0.15) is 0 Å². The van der Waals surface area contributed by atoms with Gasteiger partial charge in [0.05, 0.1) is 34.0 Å². The fourth-order valence-corrected chi connectivity index (χ4v) is 4.50. The number of benzene rings is 2.